The van der Waals surface area contributed by atoms with E-state index in [9.17, 15) is 4.79 Å². The molecule has 3 rings (SSSR count). The van der Waals surface area contributed by atoms with Gasteiger partial charge >= 0.3 is 0 Å². The number of halogens is 1. The highest BCUT2D eigenvalue weighted by atomic mass is 35.5. The third-order valence-electron chi connectivity index (χ3n) is 3.73. The molecule has 0 saturated heterocycles. The van der Waals surface area contributed by atoms with Crippen LogP contribution in [-0.4, -0.2) is 15.4 Å². The van der Waals surface area contributed by atoms with E-state index in [0.717, 1.165) is 18.4 Å². The van der Waals surface area contributed by atoms with Gasteiger partial charge in [-0.15, -0.1) is 10.2 Å². The summed E-state index contributed by atoms with van der Waals surface area (Å²) in [7, 11) is 0. The second kappa shape index (κ2) is 5.75. The maximum absolute atomic E-state index is 11.2. The Kier molecular flexibility index (Phi) is 3.83. The summed E-state index contributed by atoms with van der Waals surface area (Å²) in [6.07, 6.45) is 5.96. The summed E-state index contributed by atoms with van der Waals surface area (Å²) < 4.78 is 5.77. The van der Waals surface area contributed by atoms with Crippen molar-refractivity contribution >= 4 is 16.8 Å². The number of aromatic nitrogens is 2. The molecule has 1 aliphatic carbocycles. The fraction of sp³-hybridized carbons (Fsp3) is 0.400. The van der Waals surface area contributed by atoms with E-state index < -0.39 is 5.24 Å². The average Bonchev–Trinajstić information content (AvgIpc) is 2.98. The van der Waals surface area contributed by atoms with Crippen LogP contribution in [0.25, 0.3) is 11.5 Å². The molecule has 0 unspecified atom stereocenters. The highest BCUT2D eigenvalue weighted by molar-refractivity contribution is 6.67. The van der Waals surface area contributed by atoms with Gasteiger partial charge in [-0.05, 0) is 36.6 Å². The molecule has 1 aliphatic rings. The first-order valence-corrected chi connectivity index (χ1v) is 7.25. The fourth-order valence-electron chi connectivity index (χ4n) is 2.64. The molecule has 1 fully saturated rings. The topological polar surface area (TPSA) is 56.0 Å². The summed E-state index contributed by atoms with van der Waals surface area (Å²) in [4.78, 5) is 11.2. The quantitative estimate of drug-likeness (QED) is 0.796. The van der Waals surface area contributed by atoms with Crippen molar-refractivity contribution < 1.29 is 9.21 Å². The molecule has 0 radical (unpaired) electrons. The molecule has 0 aliphatic heterocycles. The Morgan fingerprint density at radius 3 is 2.75 bits per heavy atom. The molecule has 104 valence electrons. The highest BCUT2D eigenvalue weighted by Crippen LogP contribution is 2.33. The maximum atomic E-state index is 11.2. The predicted octanol–water partition coefficient (Wildman–Crippen LogP) is 4.16. The number of hydrogen-bond donors (Lipinski definition) is 0. The number of carbonyl (C=O) groups excluding carboxylic acids is 1. The summed E-state index contributed by atoms with van der Waals surface area (Å²) in [6, 6.07) is 6.93. The van der Waals surface area contributed by atoms with E-state index in [0.29, 0.717) is 23.3 Å². The van der Waals surface area contributed by atoms with Gasteiger partial charge in [0.2, 0.25) is 11.8 Å². The van der Waals surface area contributed by atoms with Crippen molar-refractivity contribution in [3.05, 3.63) is 35.7 Å². The Labute approximate surface area is 122 Å². The van der Waals surface area contributed by atoms with Gasteiger partial charge in [-0.2, -0.15) is 0 Å². The first-order chi connectivity index (χ1) is 9.74. The molecule has 1 saturated carbocycles. The lowest BCUT2D eigenvalue weighted by Crippen LogP contribution is -2.04. The van der Waals surface area contributed by atoms with Crippen LogP contribution in [0.1, 0.15) is 54.3 Å². The van der Waals surface area contributed by atoms with Gasteiger partial charge in [0.1, 0.15) is 0 Å². The van der Waals surface area contributed by atoms with Crippen molar-refractivity contribution in [1.29, 1.82) is 0 Å². The van der Waals surface area contributed by atoms with Crippen LogP contribution in [0.4, 0.5) is 0 Å². The number of nitrogens with zero attached hydrogens (tertiary/aromatic N) is 2. The predicted molar refractivity (Wildman–Crippen MR) is 75.7 cm³/mol. The van der Waals surface area contributed by atoms with E-state index in [4.69, 9.17) is 16.0 Å². The van der Waals surface area contributed by atoms with E-state index in [1.165, 1.54) is 19.3 Å². The van der Waals surface area contributed by atoms with Crippen LogP contribution in [0.5, 0.6) is 0 Å². The van der Waals surface area contributed by atoms with Crippen LogP contribution in [0.3, 0.4) is 0 Å². The Balaban J connectivity index is 1.85. The summed E-state index contributed by atoms with van der Waals surface area (Å²) in [5.74, 6) is 1.54. The minimum Gasteiger partial charge on any atom is -0.420 e. The van der Waals surface area contributed by atoms with Gasteiger partial charge in [-0.25, -0.2) is 0 Å². The van der Waals surface area contributed by atoms with Crippen LogP contribution in [0.15, 0.2) is 28.7 Å². The molecular formula is C15H15ClN2O2. The highest BCUT2D eigenvalue weighted by Gasteiger charge is 2.21. The van der Waals surface area contributed by atoms with Crippen molar-refractivity contribution in [2.75, 3.05) is 0 Å². The molecule has 0 N–H and O–H groups in total. The average molecular weight is 291 g/mol. The maximum Gasteiger partial charge on any atom is 0.252 e. The molecule has 2 aromatic rings. The molecule has 1 heterocycles. The molecule has 4 nitrogen and oxygen atoms in total. The van der Waals surface area contributed by atoms with Gasteiger partial charge in [0.05, 0.1) is 0 Å². The first kappa shape index (κ1) is 13.3. The SMILES string of the molecule is O=C(Cl)c1cccc(-c2nnc(C3CCCCC3)o2)c1. The Morgan fingerprint density at radius 1 is 1.20 bits per heavy atom. The van der Waals surface area contributed by atoms with Crippen molar-refractivity contribution in [2.45, 2.75) is 38.0 Å². The van der Waals surface area contributed by atoms with Crippen LogP contribution in [0.2, 0.25) is 0 Å². The molecule has 1 aromatic carbocycles. The zero-order valence-corrected chi connectivity index (χ0v) is 11.8. The zero-order chi connectivity index (χ0) is 13.9. The van der Waals surface area contributed by atoms with E-state index in [1.807, 2.05) is 6.07 Å². The lowest BCUT2D eigenvalue weighted by molar-refractivity contribution is 0.108. The second-order valence-electron chi connectivity index (χ2n) is 5.13. The molecule has 0 spiro atoms. The molecule has 0 amide bonds. The van der Waals surface area contributed by atoms with Gasteiger partial charge < -0.3 is 4.42 Å². The largest absolute Gasteiger partial charge is 0.420 e. The smallest absolute Gasteiger partial charge is 0.252 e. The Hall–Kier alpha value is -1.68. The number of benzene rings is 1. The van der Waals surface area contributed by atoms with Crippen LogP contribution in [-0.2, 0) is 0 Å². The standard InChI is InChI=1S/C15H15ClN2O2/c16-13(19)11-7-4-8-12(9-11)15-18-17-14(20-15)10-5-2-1-3-6-10/h4,7-10H,1-3,5-6H2. The number of hydrogen-bond acceptors (Lipinski definition) is 4. The van der Waals surface area contributed by atoms with Crippen LogP contribution < -0.4 is 0 Å². The molecule has 1 aromatic heterocycles. The molecule has 0 atom stereocenters. The summed E-state index contributed by atoms with van der Waals surface area (Å²) in [6.45, 7) is 0. The van der Waals surface area contributed by atoms with Crippen molar-refractivity contribution in [3.8, 4) is 11.5 Å². The second-order valence-corrected chi connectivity index (χ2v) is 5.48. The van der Waals surface area contributed by atoms with Gasteiger partial charge in [0, 0.05) is 17.0 Å². The van der Waals surface area contributed by atoms with Crippen molar-refractivity contribution in [2.24, 2.45) is 0 Å². The van der Waals surface area contributed by atoms with E-state index in [2.05, 4.69) is 10.2 Å². The monoisotopic (exact) mass is 290 g/mol. The first-order valence-electron chi connectivity index (χ1n) is 6.88. The number of carbonyl (C=O) groups is 1. The zero-order valence-electron chi connectivity index (χ0n) is 11.0. The molecular weight excluding hydrogens is 276 g/mol. The van der Waals surface area contributed by atoms with Gasteiger partial charge in [0.15, 0.2) is 0 Å². The number of rotatable bonds is 3. The van der Waals surface area contributed by atoms with E-state index in [1.54, 1.807) is 18.2 Å². The molecule has 0 bridgehead atoms. The Bertz CT molecular complexity index is 618. The van der Waals surface area contributed by atoms with Gasteiger partial charge in [-0.3, -0.25) is 4.79 Å². The van der Waals surface area contributed by atoms with E-state index >= 15 is 0 Å². The van der Waals surface area contributed by atoms with Crippen molar-refractivity contribution in [3.63, 3.8) is 0 Å². The summed E-state index contributed by atoms with van der Waals surface area (Å²) in [5, 5.41) is 7.76. The summed E-state index contributed by atoms with van der Waals surface area (Å²) >= 11 is 5.48. The van der Waals surface area contributed by atoms with E-state index in [-0.39, 0.29) is 0 Å². The Morgan fingerprint density at radius 2 is 2.00 bits per heavy atom. The third-order valence-corrected chi connectivity index (χ3v) is 3.95. The van der Waals surface area contributed by atoms with Gasteiger partial charge in [0.25, 0.3) is 5.24 Å². The minimum absolute atomic E-state index is 0.378. The summed E-state index contributed by atoms with van der Waals surface area (Å²) in [5.41, 5.74) is 1.16. The normalized spacial score (nSPS) is 16.2. The van der Waals surface area contributed by atoms with Crippen LogP contribution in [0, 0.1) is 0 Å². The lowest BCUT2D eigenvalue weighted by Gasteiger charge is -2.17. The fourth-order valence-corrected chi connectivity index (χ4v) is 2.76. The van der Waals surface area contributed by atoms with Gasteiger partial charge in [-0.1, -0.05) is 31.4 Å². The van der Waals surface area contributed by atoms with Crippen molar-refractivity contribution in [1.82, 2.24) is 10.2 Å². The van der Waals surface area contributed by atoms with Crippen LogP contribution >= 0.6 is 11.6 Å². The lowest BCUT2D eigenvalue weighted by atomic mass is 9.89. The minimum atomic E-state index is -0.487. The molecule has 20 heavy (non-hydrogen) atoms. The third kappa shape index (κ3) is 2.75. The molecule has 5 heteroatoms.